The average Bonchev–Trinajstić information content (AvgIpc) is 2.34. The normalized spacial score (nSPS) is 12.7. The molecule has 0 spiro atoms. The fourth-order valence-corrected chi connectivity index (χ4v) is 2.07. The summed E-state index contributed by atoms with van der Waals surface area (Å²) in [5, 5.41) is 9.88. The van der Waals surface area contributed by atoms with Gasteiger partial charge in [0.1, 0.15) is 11.6 Å². The van der Waals surface area contributed by atoms with Gasteiger partial charge in [-0.1, -0.05) is 45.1 Å². The third-order valence-electron chi connectivity index (χ3n) is 3.23. The molecule has 102 valence electrons. The highest BCUT2D eigenvalue weighted by atomic mass is 19.1. The first-order valence-corrected chi connectivity index (χ1v) is 6.70. The Morgan fingerprint density at radius 2 is 1.78 bits per heavy atom. The van der Waals surface area contributed by atoms with E-state index >= 15 is 0 Å². The Labute approximate surface area is 108 Å². The fourth-order valence-electron chi connectivity index (χ4n) is 2.07. The van der Waals surface area contributed by atoms with Gasteiger partial charge in [0.25, 0.3) is 0 Å². The summed E-state index contributed by atoms with van der Waals surface area (Å²) in [7, 11) is 0. The standard InChI is InChI=1S/C15H22F2O/c1-3-4-5-6-7-8-13(18)14-12(16)10-9-11(2)15(14)17/h9-10,13,18H,3-8H2,1-2H3. The third-order valence-corrected chi connectivity index (χ3v) is 3.23. The van der Waals surface area contributed by atoms with Gasteiger partial charge in [-0.3, -0.25) is 0 Å². The second kappa shape index (κ2) is 7.47. The van der Waals surface area contributed by atoms with Crippen LogP contribution in [0.5, 0.6) is 0 Å². The maximum Gasteiger partial charge on any atom is 0.134 e. The summed E-state index contributed by atoms with van der Waals surface area (Å²) in [5.74, 6) is -1.27. The van der Waals surface area contributed by atoms with Gasteiger partial charge in [0, 0.05) is 0 Å². The van der Waals surface area contributed by atoms with Crippen molar-refractivity contribution in [3.8, 4) is 0 Å². The topological polar surface area (TPSA) is 20.2 Å². The van der Waals surface area contributed by atoms with Crippen molar-refractivity contribution in [3.63, 3.8) is 0 Å². The van der Waals surface area contributed by atoms with Crippen LogP contribution < -0.4 is 0 Å². The average molecular weight is 256 g/mol. The molecule has 1 atom stereocenters. The van der Waals surface area contributed by atoms with Crippen LogP contribution in [-0.2, 0) is 0 Å². The van der Waals surface area contributed by atoms with Gasteiger partial charge < -0.3 is 5.11 Å². The molecule has 1 unspecified atom stereocenters. The molecular formula is C15H22F2O. The first kappa shape index (κ1) is 15.1. The minimum atomic E-state index is -1.04. The molecule has 1 rings (SSSR count). The first-order valence-electron chi connectivity index (χ1n) is 6.70. The van der Waals surface area contributed by atoms with Crippen LogP contribution in [0.1, 0.15) is 62.7 Å². The zero-order chi connectivity index (χ0) is 13.5. The van der Waals surface area contributed by atoms with Crippen molar-refractivity contribution in [2.45, 2.75) is 58.5 Å². The van der Waals surface area contributed by atoms with Crippen molar-refractivity contribution in [1.82, 2.24) is 0 Å². The third kappa shape index (κ3) is 4.05. The van der Waals surface area contributed by atoms with Gasteiger partial charge in [-0.25, -0.2) is 8.78 Å². The molecule has 0 aliphatic carbocycles. The van der Waals surface area contributed by atoms with E-state index in [4.69, 9.17) is 0 Å². The molecule has 0 saturated carbocycles. The summed E-state index contributed by atoms with van der Waals surface area (Å²) in [6.45, 7) is 3.71. The number of rotatable bonds is 7. The molecule has 0 radical (unpaired) electrons. The van der Waals surface area contributed by atoms with Crippen molar-refractivity contribution >= 4 is 0 Å². The van der Waals surface area contributed by atoms with E-state index in [1.807, 2.05) is 0 Å². The molecule has 18 heavy (non-hydrogen) atoms. The van der Waals surface area contributed by atoms with Crippen molar-refractivity contribution in [1.29, 1.82) is 0 Å². The number of aliphatic hydroxyl groups excluding tert-OH is 1. The number of aliphatic hydroxyl groups is 1. The van der Waals surface area contributed by atoms with E-state index in [2.05, 4.69) is 6.92 Å². The molecular weight excluding hydrogens is 234 g/mol. The van der Waals surface area contributed by atoms with E-state index in [0.29, 0.717) is 12.0 Å². The van der Waals surface area contributed by atoms with Crippen LogP contribution in [0.3, 0.4) is 0 Å². The lowest BCUT2D eigenvalue weighted by molar-refractivity contribution is 0.153. The summed E-state index contributed by atoms with van der Waals surface area (Å²) in [6.07, 6.45) is 4.62. The second-order valence-electron chi connectivity index (χ2n) is 4.81. The molecule has 3 heteroatoms. The summed E-state index contributed by atoms with van der Waals surface area (Å²) in [5.41, 5.74) is 0.196. The Morgan fingerprint density at radius 1 is 1.11 bits per heavy atom. The lowest BCUT2D eigenvalue weighted by atomic mass is 9.99. The Hall–Kier alpha value is -0.960. The van der Waals surface area contributed by atoms with Gasteiger partial charge in [0.15, 0.2) is 0 Å². The van der Waals surface area contributed by atoms with Gasteiger partial charge in [-0.05, 0) is 25.0 Å². The molecule has 0 saturated heterocycles. The highest BCUT2D eigenvalue weighted by Gasteiger charge is 2.18. The Morgan fingerprint density at radius 3 is 2.44 bits per heavy atom. The molecule has 1 N–H and O–H groups in total. The number of aryl methyl sites for hydroxylation is 1. The van der Waals surface area contributed by atoms with E-state index in [1.165, 1.54) is 18.6 Å². The SMILES string of the molecule is CCCCCCCC(O)c1c(F)ccc(C)c1F. The first-order chi connectivity index (χ1) is 8.57. The van der Waals surface area contributed by atoms with Gasteiger partial charge >= 0.3 is 0 Å². The Kier molecular flexibility index (Phi) is 6.27. The van der Waals surface area contributed by atoms with Crippen molar-refractivity contribution < 1.29 is 13.9 Å². The summed E-state index contributed by atoms with van der Waals surface area (Å²) < 4.78 is 27.3. The Bertz CT molecular complexity index is 377. The Balaban J connectivity index is 2.56. The van der Waals surface area contributed by atoms with Crippen LogP contribution in [0.4, 0.5) is 8.78 Å². The molecule has 0 fully saturated rings. The smallest absolute Gasteiger partial charge is 0.134 e. The zero-order valence-electron chi connectivity index (χ0n) is 11.2. The lowest BCUT2D eigenvalue weighted by Crippen LogP contribution is -2.05. The van der Waals surface area contributed by atoms with Crippen LogP contribution in [0.2, 0.25) is 0 Å². The highest BCUT2D eigenvalue weighted by molar-refractivity contribution is 5.28. The van der Waals surface area contributed by atoms with Crippen molar-refractivity contribution in [2.75, 3.05) is 0 Å². The minimum Gasteiger partial charge on any atom is -0.388 e. The number of hydrogen-bond acceptors (Lipinski definition) is 1. The lowest BCUT2D eigenvalue weighted by Gasteiger charge is -2.14. The molecule has 1 aromatic rings. The van der Waals surface area contributed by atoms with E-state index < -0.39 is 17.7 Å². The maximum absolute atomic E-state index is 13.7. The molecule has 0 bridgehead atoms. The molecule has 0 aliphatic heterocycles. The van der Waals surface area contributed by atoms with Gasteiger partial charge in [-0.15, -0.1) is 0 Å². The molecule has 0 heterocycles. The van der Waals surface area contributed by atoms with E-state index in [9.17, 15) is 13.9 Å². The summed E-state index contributed by atoms with van der Waals surface area (Å²) in [6, 6.07) is 2.61. The van der Waals surface area contributed by atoms with Crippen molar-refractivity contribution in [2.24, 2.45) is 0 Å². The molecule has 1 aromatic carbocycles. The predicted octanol–water partition coefficient (Wildman–Crippen LogP) is 4.67. The number of halogens is 2. The van der Waals surface area contributed by atoms with Gasteiger partial charge in [0.2, 0.25) is 0 Å². The highest BCUT2D eigenvalue weighted by Crippen LogP contribution is 2.27. The number of unbranched alkanes of at least 4 members (excludes halogenated alkanes) is 4. The van der Waals surface area contributed by atoms with E-state index in [1.54, 1.807) is 6.92 Å². The molecule has 0 aromatic heterocycles. The van der Waals surface area contributed by atoms with Crippen LogP contribution in [0, 0.1) is 18.6 Å². The van der Waals surface area contributed by atoms with Crippen LogP contribution in [0.15, 0.2) is 12.1 Å². The molecule has 0 aliphatic rings. The summed E-state index contributed by atoms with van der Waals surface area (Å²) in [4.78, 5) is 0. The molecule has 0 amide bonds. The van der Waals surface area contributed by atoms with E-state index in [0.717, 1.165) is 25.7 Å². The second-order valence-corrected chi connectivity index (χ2v) is 4.81. The molecule has 1 nitrogen and oxygen atoms in total. The maximum atomic E-state index is 13.7. The fraction of sp³-hybridized carbons (Fsp3) is 0.600. The number of benzene rings is 1. The van der Waals surface area contributed by atoms with Gasteiger partial charge in [-0.2, -0.15) is 0 Å². The monoisotopic (exact) mass is 256 g/mol. The number of hydrogen-bond donors (Lipinski definition) is 1. The van der Waals surface area contributed by atoms with E-state index in [-0.39, 0.29) is 5.56 Å². The van der Waals surface area contributed by atoms with Gasteiger partial charge in [0.05, 0.1) is 11.7 Å². The quantitative estimate of drug-likeness (QED) is 0.703. The predicted molar refractivity (Wildman–Crippen MR) is 69.4 cm³/mol. The minimum absolute atomic E-state index is 0.175. The van der Waals surface area contributed by atoms with Crippen LogP contribution >= 0.6 is 0 Å². The largest absolute Gasteiger partial charge is 0.388 e. The van der Waals surface area contributed by atoms with Crippen molar-refractivity contribution in [3.05, 3.63) is 34.9 Å². The van der Waals surface area contributed by atoms with Crippen LogP contribution in [0.25, 0.3) is 0 Å². The summed E-state index contributed by atoms with van der Waals surface area (Å²) >= 11 is 0. The zero-order valence-corrected chi connectivity index (χ0v) is 11.2. The van der Waals surface area contributed by atoms with Crippen LogP contribution in [-0.4, -0.2) is 5.11 Å².